The molecule has 3 heteroatoms. The Labute approximate surface area is 101 Å². The van der Waals surface area contributed by atoms with E-state index in [1.807, 2.05) is 18.2 Å². The van der Waals surface area contributed by atoms with E-state index >= 15 is 0 Å². The summed E-state index contributed by atoms with van der Waals surface area (Å²) in [6.07, 6.45) is 4.38. The summed E-state index contributed by atoms with van der Waals surface area (Å²) >= 11 is 0. The fourth-order valence-electron chi connectivity index (χ4n) is 1.92. The van der Waals surface area contributed by atoms with Gasteiger partial charge in [0.1, 0.15) is 6.10 Å². The number of aliphatic hydroxyl groups excluding tert-OH is 1. The molecule has 3 nitrogen and oxygen atoms in total. The van der Waals surface area contributed by atoms with Crippen LogP contribution < -0.4 is 0 Å². The predicted molar refractivity (Wildman–Crippen MR) is 64.4 cm³/mol. The maximum Gasteiger partial charge on any atom is 0.331 e. The number of benzene rings is 1. The molecule has 1 N–H and O–H groups in total. The van der Waals surface area contributed by atoms with Gasteiger partial charge in [-0.1, -0.05) is 30.3 Å². The zero-order valence-corrected chi connectivity index (χ0v) is 9.58. The van der Waals surface area contributed by atoms with Gasteiger partial charge in [-0.2, -0.15) is 0 Å². The molecule has 0 unspecified atom stereocenters. The summed E-state index contributed by atoms with van der Waals surface area (Å²) in [7, 11) is 0. The first-order chi connectivity index (χ1) is 8.25. The lowest BCUT2D eigenvalue weighted by Crippen LogP contribution is -2.25. The standard InChI is InChI=1S/C14H16O3/c15-12(13-9-10-14(16)17-13)8-4-7-11-5-2-1-3-6-11/h1-3,5-6,9-10,12-13,15H,4,7-8H2/t12-,13-/m0/s1. The number of aliphatic hydroxyl groups is 1. The normalized spacial score (nSPS) is 20.3. The van der Waals surface area contributed by atoms with Gasteiger partial charge < -0.3 is 9.84 Å². The third-order valence-electron chi connectivity index (χ3n) is 2.86. The van der Waals surface area contributed by atoms with E-state index in [4.69, 9.17) is 4.74 Å². The summed E-state index contributed by atoms with van der Waals surface area (Å²) in [6, 6.07) is 10.1. The van der Waals surface area contributed by atoms with Crippen molar-refractivity contribution in [2.75, 3.05) is 0 Å². The van der Waals surface area contributed by atoms with Crippen LogP contribution in [0.3, 0.4) is 0 Å². The van der Waals surface area contributed by atoms with E-state index in [1.54, 1.807) is 6.08 Å². The van der Waals surface area contributed by atoms with Crippen LogP contribution in [-0.4, -0.2) is 23.3 Å². The molecule has 17 heavy (non-hydrogen) atoms. The summed E-state index contributed by atoms with van der Waals surface area (Å²) in [5, 5.41) is 9.82. The molecule has 90 valence electrons. The average Bonchev–Trinajstić information content (AvgIpc) is 2.77. The molecule has 0 amide bonds. The average molecular weight is 232 g/mol. The Morgan fingerprint density at radius 1 is 1.29 bits per heavy atom. The second-order valence-electron chi connectivity index (χ2n) is 4.21. The highest BCUT2D eigenvalue weighted by atomic mass is 16.6. The summed E-state index contributed by atoms with van der Waals surface area (Å²) in [5.41, 5.74) is 1.26. The van der Waals surface area contributed by atoms with E-state index in [1.165, 1.54) is 11.6 Å². The summed E-state index contributed by atoms with van der Waals surface area (Å²) in [4.78, 5) is 10.8. The van der Waals surface area contributed by atoms with Crippen LogP contribution in [0.2, 0.25) is 0 Å². The molecule has 0 saturated carbocycles. The van der Waals surface area contributed by atoms with E-state index in [0.717, 1.165) is 12.8 Å². The van der Waals surface area contributed by atoms with Gasteiger partial charge in [0.2, 0.25) is 0 Å². The lowest BCUT2D eigenvalue weighted by atomic mass is 10.0. The van der Waals surface area contributed by atoms with Crippen LogP contribution in [0.1, 0.15) is 18.4 Å². The van der Waals surface area contributed by atoms with Crippen LogP contribution in [0.25, 0.3) is 0 Å². The van der Waals surface area contributed by atoms with Crippen molar-refractivity contribution in [3.05, 3.63) is 48.0 Å². The maximum absolute atomic E-state index is 10.8. The highest BCUT2D eigenvalue weighted by Gasteiger charge is 2.24. The maximum atomic E-state index is 10.8. The molecule has 0 radical (unpaired) electrons. The molecule has 0 aromatic heterocycles. The minimum atomic E-state index is -0.596. The fourth-order valence-corrected chi connectivity index (χ4v) is 1.92. The Bertz CT molecular complexity index is 397. The quantitative estimate of drug-likeness (QED) is 0.788. The van der Waals surface area contributed by atoms with Gasteiger partial charge in [0.05, 0.1) is 6.10 Å². The van der Waals surface area contributed by atoms with Crippen LogP contribution in [0, 0.1) is 0 Å². The largest absolute Gasteiger partial charge is 0.452 e. The number of rotatable bonds is 5. The molecule has 0 saturated heterocycles. The molecule has 2 rings (SSSR count). The zero-order chi connectivity index (χ0) is 12.1. The topological polar surface area (TPSA) is 46.5 Å². The SMILES string of the molecule is O=C1C=C[C@@H]([C@@H](O)CCCc2ccccc2)O1. The monoisotopic (exact) mass is 232 g/mol. The van der Waals surface area contributed by atoms with Gasteiger partial charge in [0.25, 0.3) is 0 Å². The number of esters is 1. The highest BCUT2D eigenvalue weighted by Crippen LogP contribution is 2.15. The lowest BCUT2D eigenvalue weighted by molar-refractivity contribution is -0.142. The van der Waals surface area contributed by atoms with Crippen molar-refractivity contribution in [2.24, 2.45) is 0 Å². The second kappa shape index (κ2) is 5.64. The van der Waals surface area contributed by atoms with Crippen molar-refractivity contribution in [1.29, 1.82) is 0 Å². The second-order valence-corrected chi connectivity index (χ2v) is 4.21. The molecule has 1 aliphatic heterocycles. The smallest absolute Gasteiger partial charge is 0.331 e. The molecular weight excluding hydrogens is 216 g/mol. The Hall–Kier alpha value is -1.61. The number of carbonyl (C=O) groups excluding carboxylic acids is 1. The van der Waals surface area contributed by atoms with Crippen molar-refractivity contribution >= 4 is 5.97 Å². The number of ether oxygens (including phenoxy) is 1. The van der Waals surface area contributed by atoms with Gasteiger partial charge in [-0.15, -0.1) is 0 Å². The predicted octanol–water partition coefficient (Wildman–Crippen LogP) is 1.85. The first kappa shape index (κ1) is 11.9. The van der Waals surface area contributed by atoms with Crippen molar-refractivity contribution in [1.82, 2.24) is 0 Å². The van der Waals surface area contributed by atoms with E-state index in [2.05, 4.69) is 12.1 Å². The molecule has 0 aliphatic carbocycles. The van der Waals surface area contributed by atoms with Gasteiger partial charge in [0, 0.05) is 6.08 Å². The van der Waals surface area contributed by atoms with Crippen LogP contribution >= 0.6 is 0 Å². The molecule has 0 spiro atoms. The molecule has 1 aliphatic rings. The van der Waals surface area contributed by atoms with Crippen molar-refractivity contribution in [2.45, 2.75) is 31.5 Å². The number of hydrogen-bond donors (Lipinski definition) is 1. The molecule has 0 bridgehead atoms. The van der Waals surface area contributed by atoms with Gasteiger partial charge in [-0.3, -0.25) is 0 Å². The molecular formula is C14H16O3. The van der Waals surface area contributed by atoms with Crippen LogP contribution in [-0.2, 0) is 16.0 Å². The number of carbonyl (C=O) groups is 1. The fraction of sp³-hybridized carbons (Fsp3) is 0.357. The van der Waals surface area contributed by atoms with Crippen LogP contribution in [0.5, 0.6) is 0 Å². The van der Waals surface area contributed by atoms with Crippen molar-refractivity contribution < 1.29 is 14.6 Å². The third-order valence-corrected chi connectivity index (χ3v) is 2.86. The molecule has 1 heterocycles. The van der Waals surface area contributed by atoms with Crippen molar-refractivity contribution in [3.63, 3.8) is 0 Å². The van der Waals surface area contributed by atoms with E-state index in [0.29, 0.717) is 6.42 Å². The molecule has 2 atom stereocenters. The Kier molecular flexibility index (Phi) is 3.94. The third kappa shape index (κ3) is 3.43. The van der Waals surface area contributed by atoms with E-state index < -0.39 is 12.2 Å². The van der Waals surface area contributed by atoms with E-state index in [-0.39, 0.29) is 5.97 Å². The van der Waals surface area contributed by atoms with Gasteiger partial charge in [-0.05, 0) is 30.9 Å². The van der Waals surface area contributed by atoms with Crippen LogP contribution in [0.15, 0.2) is 42.5 Å². The van der Waals surface area contributed by atoms with Gasteiger partial charge >= 0.3 is 5.97 Å². The Balaban J connectivity index is 1.72. The first-order valence-electron chi connectivity index (χ1n) is 5.86. The number of hydrogen-bond acceptors (Lipinski definition) is 3. The van der Waals surface area contributed by atoms with Crippen molar-refractivity contribution in [3.8, 4) is 0 Å². The minimum absolute atomic E-state index is 0.364. The van der Waals surface area contributed by atoms with Gasteiger partial charge in [-0.25, -0.2) is 4.79 Å². The Morgan fingerprint density at radius 3 is 2.71 bits per heavy atom. The Morgan fingerprint density at radius 2 is 2.06 bits per heavy atom. The van der Waals surface area contributed by atoms with Crippen LogP contribution in [0.4, 0.5) is 0 Å². The summed E-state index contributed by atoms with van der Waals surface area (Å²) in [6.45, 7) is 0. The molecule has 1 aromatic rings. The van der Waals surface area contributed by atoms with E-state index in [9.17, 15) is 9.90 Å². The number of cyclic esters (lactones) is 1. The molecule has 1 aromatic carbocycles. The summed E-state index contributed by atoms with van der Waals surface area (Å²) < 4.78 is 4.93. The lowest BCUT2D eigenvalue weighted by Gasteiger charge is -2.15. The minimum Gasteiger partial charge on any atom is -0.452 e. The highest BCUT2D eigenvalue weighted by molar-refractivity contribution is 5.84. The first-order valence-corrected chi connectivity index (χ1v) is 5.86. The summed E-state index contributed by atoms with van der Waals surface area (Å²) in [5.74, 6) is -0.364. The number of aryl methyl sites for hydroxylation is 1. The van der Waals surface area contributed by atoms with Gasteiger partial charge in [0.15, 0.2) is 0 Å². The zero-order valence-electron chi connectivity index (χ0n) is 9.58. The molecule has 0 fully saturated rings.